The van der Waals surface area contributed by atoms with Crippen LogP contribution in [0.5, 0.6) is 5.75 Å². The highest BCUT2D eigenvalue weighted by atomic mass is 127. The van der Waals surface area contributed by atoms with Crippen molar-refractivity contribution >= 4 is 40.0 Å². The van der Waals surface area contributed by atoms with Gasteiger partial charge in [0.1, 0.15) is 5.75 Å². The lowest BCUT2D eigenvalue weighted by Gasteiger charge is -2.23. The summed E-state index contributed by atoms with van der Waals surface area (Å²) >= 11 is 0. The highest BCUT2D eigenvalue weighted by Crippen LogP contribution is 2.19. The molecule has 0 saturated carbocycles. The Bertz CT molecular complexity index is 904. The molecule has 0 fully saturated rings. The van der Waals surface area contributed by atoms with Gasteiger partial charge in [0.25, 0.3) is 0 Å². The fraction of sp³-hybridized carbons (Fsp3) is 0.316. The molecule has 0 bridgehead atoms. The van der Waals surface area contributed by atoms with Gasteiger partial charge in [-0.25, -0.2) is 18.5 Å². The summed E-state index contributed by atoms with van der Waals surface area (Å²) in [6.45, 7) is 3.66. The molecule has 2 aromatic rings. The summed E-state index contributed by atoms with van der Waals surface area (Å²) in [5, 5.41) is 8.44. The van der Waals surface area contributed by atoms with Crippen LogP contribution in [0.4, 0.5) is 0 Å². The number of nitrogens with one attached hydrogen (secondary N) is 1. The van der Waals surface area contributed by atoms with Crippen molar-refractivity contribution in [1.82, 2.24) is 10.2 Å². The van der Waals surface area contributed by atoms with Crippen molar-refractivity contribution in [3.8, 4) is 5.75 Å². The summed E-state index contributed by atoms with van der Waals surface area (Å²) < 4.78 is 28.4. The number of methoxy groups -OCH3 is 1. The number of primary sulfonamides is 1. The molecule has 154 valence electrons. The van der Waals surface area contributed by atoms with E-state index in [0.29, 0.717) is 25.6 Å². The van der Waals surface area contributed by atoms with E-state index in [4.69, 9.17) is 9.88 Å². The molecule has 0 atom stereocenters. The largest absolute Gasteiger partial charge is 0.496 e. The molecule has 9 heteroatoms. The average Bonchev–Trinajstić information content (AvgIpc) is 2.65. The second kappa shape index (κ2) is 11.2. The molecule has 0 aliphatic rings. The van der Waals surface area contributed by atoms with Gasteiger partial charge in [0, 0.05) is 25.7 Å². The lowest BCUT2D eigenvalue weighted by Crippen LogP contribution is -2.38. The molecule has 0 saturated heterocycles. The number of aliphatic imine (C=N–C) groups is 1. The van der Waals surface area contributed by atoms with E-state index < -0.39 is 10.0 Å². The van der Waals surface area contributed by atoms with E-state index in [1.807, 2.05) is 49.2 Å². The van der Waals surface area contributed by atoms with E-state index in [9.17, 15) is 8.42 Å². The van der Waals surface area contributed by atoms with Gasteiger partial charge in [-0.2, -0.15) is 0 Å². The highest BCUT2D eigenvalue weighted by Gasteiger charge is 2.11. The van der Waals surface area contributed by atoms with Crippen molar-refractivity contribution in [2.45, 2.75) is 24.9 Å². The van der Waals surface area contributed by atoms with Crippen LogP contribution in [0.15, 0.2) is 58.4 Å². The van der Waals surface area contributed by atoms with Crippen molar-refractivity contribution in [2.24, 2.45) is 10.1 Å². The van der Waals surface area contributed by atoms with Crippen molar-refractivity contribution in [3.63, 3.8) is 0 Å². The summed E-state index contributed by atoms with van der Waals surface area (Å²) in [6.07, 6.45) is 0. The smallest absolute Gasteiger partial charge is 0.238 e. The summed E-state index contributed by atoms with van der Waals surface area (Å²) in [4.78, 5) is 6.69. The number of halogens is 1. The molecule has 28 heavy (non-hydrogen) atoms. The van der Waals surface area contributed by atoms with E-state index in [1.165, 1.54) is 6.07 Å². The number of guanidine groups is 1. The minimum atomic E-state index is -3.73. The van der Waals surface area contributed by atoms with Gasteiger partial charge < -0.3 is 15.0 Å². The molecule has 0 heterocycles. The van der Waals surface area contributed by atoms with Crippen LogP contribution in [0.25, 0.3) is 0 Å². The van der Waals surface area contributed by atoms with Gasteiger partial charge in [-0.05, 0) is 30.7 Å². The third-order valence-corrected chi connectivity index (χ3v) is 4.85. The van der Waals surface area contributed by atoms with Crippen LogP contribution in [0.3, 0.4) is 0 Å². The Kier molecular flexibility index (Phi) is 9.70. The van der Waals surface area contributed by atoms with Crippen LogP contribution in [-0.4, -0.2) is 40.0 Å². The van der Waals surface area contributed by atoms with Gasteiger partial charge >= 0.3 is 0 Å². The number of benzene rings is 2. The zero-order chi connectivity index (χ0) is 19.9. The lowest BCUT2D eigenvalue weighted by molar-refractivity contribution is 0.396. The van der Waals surface area contributed by atoms with Crippen molar-refractivity contribution in [1.29, 1.82) is 0 Å². The number of nitrogens with two attached hydrogens (primary N) is 1. The first kappa shape index (κ1) is 24.2. The second-order valence-electron chi connectivity index (χ2n) is 6.03. The Balaban J connectivity index is 0.00000392. The number of nitrogens with zero attached hydrogens (tertiary/aromatic N) is 2. The molecule has 0 aliphatic heterocycles. The molecule has 2 aromatic carbocycles. The zero-order valence-corrected chi connectivity index (χ0v) is 19.4. The number of sulfonamides is 1. The molecular formula is C19H27IN4O3S. The number of para-hydroxylation sites is 1. The van der Waals surface area contributed by atoms with Crippen LogP contribution >= 0.6 is 24.0 Å². The molecule has 0 unspecified atom stereocenters. The predicted octanol–water partition coefficient (Wildman–Crippen LogP) is 2.56. The number of ether oxygens (including phenoxy) is 1. The number of hydrogen-bond donors (Lipinski definition) is 2. The lowest BCUT2D eigenvalue weighted by atomic mass is 10.2. The molecule has 0 amide bonds. The minimum Gasteiger partial charge on any atom is -0.496 e. The third-order valence-electron chi connectivity index (χ3n) is 3.93. The quantitative estimate of drug-likeness (QED) is 0.334. The normalized spacial score (nSPS) is 11.5. The summed E-state index contributed by atoms with van der Waals surface area (Å²) in [7, 11) is -0.139. The molecule has 0 aromatic heterocycles. The van der Waals surface area contributed by atoms with E-state index >= 15 is 0 Å². The van der Waals surface area contributed by atoms with Gasteiger partial charge in [-0.1, -0.05) is 30.3 Å². The summed E-state index contributed by atoms with van der Waals surface area (Å²) in [5.41, 5.74) is 1.81. The Morgan fingerprint density at radius 1 is 1.21 bits per heavy atom. The van der Waals surface area contributed by atoms with E-state index in [0.717, 1.165) is 16.9 Å². The van der Waals surface area contributed by atoms with Crippen LogP contribution < -0.4 is 15.2 Å². The first-order chi connectivity index (χ1) is 12.8. The SMILES string of the molecule is CCNC(=NCc1cccc(S(N)(=O)=O)c1)N(C)Cc1ccccc1OC.I. The molecule has 0 radical (unpaired) electrons. The van der Waals surface area contributed by atoms with Crippen LogP contribution in [-0.2, 0) is 23.1 Å². The average molecular weight is 518 g/mol. The van der Waals surface area contributed by atoms with Crippen LogP contribution in [0.2, 0.25) is 0 Å². The Morgan fingerprint density at radius 3 is 2.57 bits per heavy atom. The van der Waals surface area contributed by atoms with Gasteiger partial charge in [0.15, 0.2) is 5.96 Å². The molecular weight excluding hydrogens is 491 g/mol. The second-order valence-corrected chi connectivity index (χ2v) is 7.59. The van der Waals surface area contributed by atoms with E-state index in [2.05, 4.69) is 10.3 Å². The van der Waals surface area contributed by atoms with Crippen LogP contribution in [0, 0.1) is 0 Å². The Hall–Kier alpha value is -1.85. The topological polar surface area (TPSA) is 97.0 Å². The molecule has 2 rings (SSSR count). The number of hydrogen-bond acceptors (Lipinski definition) is 4. The van der Waals surface area contributed by atoms with Gasteiger partial charge in [-0.3, -0.25) is 0 Å². The maximum Gasteiger partial charge on any atom is 0.238 e. The van der Waals surface area contributed by atoms with E-state index in [-0.39, 0.29) is 28.9 Å². The zero-order valence-electron chi connectivity index (χ0n) is 16.3. The van der Waals surface area contributed by atoms with Crippen molar-refractivity contribution in [3.05, 3.63) is 59.7 Å². The minimum absolute atomic E-state index is 0. The molecule has 3 N–H and O–H groups in total. The van der Waals surface area contributed by atoms with Crippen molar-refractivity contribution in [2.75, 3.05) is 20.7 Å². The maximum absolute atomic E-state index is 11.5. The number of rotatable bonds is 7. The third kappa shape index (κ3) is 6.95. The summed E-state index contributed by atoms with van der Waals surface area (Å²) in [5.74, 6) is 1.53. The summed E-state index contributed by atoms with van der Waals surface area (Å²) in [6, 6.07) is 14.3. The predicted molar refractivity (Wildman–Crippen MR) is 123 cm³/mol. The Labute approximate surface area is 184 Å². The maximum atomic E-state index is 11.5. The first-order valence-corrected chi connectivity index (χ1v) is 10.1. The first-order valence-electron chi connectivity index (χ1n) is 8.58. The fourth-order valence-corrected chi connectivity index (χ4v) is 3.20. The molecule has 0 spiro atoms. The fourth-order valence-electron chi connectivity index (χ4n) is 2.62. The van der Waals surface area contributed by atoms with Crippen LogP contribution in [0.1, 0.15) is 18.1 Å². The monoisotopic (exact) mass is 518 g/mol. The van der Waals surface area contributed by atoms with E-state index in [1.54, 1.807) is 19.2 Å². The standard InChI is InChI=1S/C19H26N4O3S.HI/c1-4-21-19(23(2)14-16-9-5-6-11-18(16)26-3)22-13-15-8-7-10-17(12-15)27(20,24)25;/h5-12H,4,13-14H2,1-3H3,(H,21,22)(H2,20,24,25);1H. The molecule has 0 aliphatic carbocycles. The highest BCUT2D eigenvalue weighted by molar-refractivity contribution is 14.0. The van der Waals surface area contributed by atoms with Gasteiger partial charge in [-0.15, -0.1) is 24.0 Å². The van der Waals surface area contributed by atoms with Crippen molar-refractivity contribution < 1.29 is 13.2 Å². The van der Waals surface area contributed by atoms with Gasteiger partial charge in [0.2, 0.25) is 10.0 Å². The Morgan fingerprint density at radius 2 is 1.93 bits per heavy atom. The van der Waals surface area contributed by atoms with Gasteiger partial charge in [0.05, 0.1) is 18.6 Å². The molecule has 7 nitrogen and oxygen atoms in total.